The van der Waals surface area contributed by atoms with Gasteiger partial charge in [-0.05, 0) is 73.5 Å². The van der Waals surface area contributed by atoms with Crippen LogP contribution in [-0.4, -0.2) is 141 Å². The number of hydrogen-bond donors (Lipinski definition) is 11. The summed E-state index contributed by atoms with van der Waals surface area (Å²) < 4.78 is 0. The number of rotatable bonds is 16. The number of aromatic amines is 1. The zero-order valence-corrected chi connectivity index (χ0v) is 42.4. The van der Waals surface area contributed by atoms with Crippen LogP contribution in [0.4, 0.5) is 0 Å². The van der Waals surface area contributed by atoms with Gasteiger partial charge in [0.15, 0.2) is 0 Å². The Hall–Kier alpha value is -6.62. The summed E-state index contributed by atoms with van der Waals surface area (Å²) in [5.74, 6) is -7.50. The molecule has 1 fully saturated rings. The van der Waals surface area contributed by atoms with Crippen molar-refractivity contribution in [3.05, 3.63) is 102 Å². The number of carbonyl (C=O) groups excluding carboxylic acids is 7. The number of aromatic nitrogens is 1. The van der Waals surface area contributed by atoms with E-state index >= 15 is 0 Å². The predicted molar refractivity (Wildman–Crippen MR) is 276 cm³/mol. The van der Waals surface area contributed by atoms with E-state index in [1.54, 1.807) is 62.5 Å². The lowest BCUT2D eigenvalue weighted by atomic mass is 10.00. The standard InChI is InChI=1S/C50H66N10O10S2/c1-28(2)42(50(69)70)59-48(67)41-27-72-71-26-40(58-43(62)29(3)52)47(66)55-37(22-30-12-6-5-7-13-30)45(64)56-38(24-32-25-53-35-15-9-8-14-34(32)35)46(65)54-36(16-10-11-21-51)44(63)57-39(49(68)60(41)4)23-31-17-19-33(61)20-18-31/h5-9,12-15,17-20,25,28-29,36-42,53,61H,10-11,16,21-24,26-27,51-52H2,1-4H3,(H,54,65)(H,55,66)(H,56,64)(H,57,63)(H,58,62)(H,59,67)(H,69,70)/t29-,36-,37-,38-,39-,40-,41-,42-/m0/s1. The van der Waals surface area contributed by atoms with Crippen molar-refractivity contribution in [2.45, 2.75) is 108 Å². The van der Waals surface area contributed by atoms with Crippen LogP contribution < -0.4 is 43.4 Å². The first kappa shape index (κ1) is 56.3. The quantitative estimate of drug-likeness (QED) is 0.0556. The maximum absolute atomic E-state index is 14.8. The van der Waals surface area contributed by atoms with Gasteiger partial charge in [0.25, 0.3) is 0 Å². The number of amides is 7. The minimum absolute atomic E-state index is 0.0346. The molecule has 388 valence electrons. The van der Waals surface area contributed by atoms with Crippen LogP contribution in [0.5, 0.6) is 5.75 Å². The van der Waals surface area contributed by atoms with Crippen molar-refractivity contribution < 1.29 is 48.6 Å². The summed E-state index contributed by atoms with van der Waals surface area (Å²) in [5, 5.41) is 37.3. The van der Waals surface area contributed by atoms with E-state index in [1.807, 2.05) is 24.3 Å². The summed E-state index contributed by atoms with van der Waals surface area (Å²) in [6.45, 7) is 4.93. The van der Waals surface area contributed by atoms with E-state index in [1.165, 1.54) is 26.1 Å². The van der Waals surface area contributed by atoms with Crippen LogP contribution in [0.1, 0.15) is 56.7 Å². The summed E-state index contributed by atoms with van der Waals surface area (Å²) in [7, 11) is 3.45. The van der Waals surface area contributed by atoms with Crippen molar-refractivity contribution in [2.75, 3.05) is 25.1 Å². The molecule has 3 aromatic carbocycles. The number of phenolic OH excluding ortho intramolecular Hbond substituents is 1. The van der Waals surface area contributed by atoms with Crippen LogP contribution in [-0.2, 0) is 57.6 Å². The lowest BCUT2D eigenvalue weighted by Crippen LogP contribution is -2.61. The molecule has 1 aromatic heterocycles. The van der Waals surface area contributed by atoms with Crippen molar-refractivity contribution in [2.24, 2.45) is 17.4 Å². The summed E-state index contributed by atoms with van der Waals surface area (Å²) >= 11 is 0. The molecule has 0 spiro atoms. The van der Waals surface area contributed by atoms with E-state index < -0.39 is 102 Å². The van der Waals surface area contributed by atoms with Crippen molar-refractivity contribution in [3.63, 3.8) is 0 Å². The van der Waals surface area contributed by atoms with Crippen molar-refractivity contribution in [1.82, 2.24) is 41.8 Å². The highest BCUT2D eigenvalue weighted by Crippen LogP contribution is 2.26. The number of H-pyrrole nitrogens is 1. The molecule has 1 saturated heterocycles. The molecule has 2 heterocycles. The highest BCUT2D eigenvalue weighted by atomic mass is 33.1. The number of benzene rings is 3. The summed E-state index contributed by atoms with van der Waals surface area (Å²) in [4.78, 5) is 117. The molecule has 13 N–H and O–H groups in total. The third kappa shape index (κ3) is 16.2. The Kier molecular flexibility index (Phi) is 21.3. The number of aromatic hydroxyl groups is 1. The molecule has 0 bridgehead atoms. The van der Waals surface area contributed by atoms with Gasteiger partial charge in [0.2, 0.25) is 41.4 Å². The molecule has 0 unspecified atom stereocenters. The highest BCUT2D eigenvalue weighted by Gasteiger charge is 2.38. The van der Waals surface area contributed by atoms with Crippen LogP contribution in [0.25, 0.3) is 10.9 Å². The van der Waals surface area contributed by atoms with Crippen LogP contribution >= 0.6 is 21.6 Å². The van der Waals surface area contributed by atoms with Crippen LogP contribution in [0.2, 0.25) is 0 Å². The normalized spacial score (nSPS) is 21.9. The van der Waals surface area contributed by atoms with E-state index in [9.17, 15) is 48.6 Å². The number of carboxylic acid groups (broad SMARTS) is 1. The summed E-state index contributed by atoms with van der Waals surface area (Å²) in [6.07, 6.45) is 2.37. The Morgan fingerprint density at radius 1 is 0.736 bits per heavy atom. The number of unbranched alkanes of at least 4 members (excludes halogenated alkanes) is 1. The lowest BCUT2D eigenvalue weighted by Gasteiger charge is -2.33. The molecule has 8 atom stereocenters. The maximum atomic E-state index is 14.8. The minimum atomic E-state index is -1.39. The zero-order valence-electron chi connectivity index (χ0n) is 40.7. The molecule has 20 nitrogen and oxygen atoms in total. The Morgan fingerprint density at radius 3 is 1.96 bits per heavy atom. The number of hydrogen-bond acceptors (Lipinski definition) is 13. The first-order valence-electron chi connectivity index (χ1n) is 23.7. The number of nitrogens with one attached hydrogen (secondary N) is 7. The summed E-state index contributed by atoms with van der Waals surface area (Å²) in [6, 6.07) is 11.8. The molecule has 0 saturated carbocycles. The van der Waals surface area contributed by atoms with Gasteiger partial charge in [0.1, 0.15) is 48.0 Å². The topological polar surface area (TPSA) is 320 Å². The van der Waals surface area contributed by atoms with E-state index in [0.717, 1.165) is 37.4 Å². The van der Waals surface area contributed by atoms with Gasteiger partial charge in [-0.2, -0.15) is 0 Å². The average Bonchev–Trinajstić information content (AvgIpc) is 3.76. The van der Waals surface area contributed by atoms with Gasteiger partial charge in [-0.15, -0.1) is 0 Å². The van der Waals surface area contributed by atoms with Crippen molar-refractivity contribution in [3.8, 4) is 5.75 Å². The number of para-hydroxylation sites is 1. The fourth-order valence-corrected chi connectivity index (χ4v) is 10.4. The number of aliphatic carboxylic acids is 1. The Morgan fingerprint density at radius 2 is 1.31 bits per heavy atom. The largest absolute Gasteiger partial charge is 0.508 e. The molecule has 1 aliphatic rings. The number of nitrogens with two attached hydrogens (primary N) is 2. The van der Waals surface area contributed by atoms with Crippen LogP contribution in [0.15, 0.2) is 85.1 Å². The zero-order chi connectivity index (χ0) is 52.5. The Balaban J connectivity index is 1.63. The first-order chi connectivity index (χ1) is 34.4. The Labute approximate surface area is 426 Å². The number of fused-ring (bicyclic) bond motifs is 1. The molecule has 7 amide bonds. The van der Waals surface area contributed by atoms with E-state index in [2.05, 4.69) is 36.9 Å². The van der Waals surface area contributed by atoms with Gasteiger partial charge in [-0.1, -0.05) is 96.1 Å². The molecular weight excluding hydrogens is 965 g/mol. The number of nitrogens with zero attached hydrogens (tertiary/aromatic N) is 1. The third-order valence-corrected chi connectivity index (χ3v) is 14.6. The number of phenols is 1. The summed E-state index contributed by atoms with van der Waals surface area (Å²) in [5.41, 5.74) is 14.4. The number of carboxylic acids is 1. The van der Waals surface area contributed by atoms with Crippen LogP contribution in [0, 0.1) is 5.92 Å². The van der Waals surface area contributed by atoms with E-state index in [0.29, 0.717) is 29.5 Å². The molecule has 1 aliphatic heterocycles. The van der Waals surface area contributed by atoms with Crippen LogP contribution in [0.3, 0.4) is 0 Å². The van der Waals surface area contributed by atoms with Gasteiger partial charge in [-0.25, -0.2) is 4.79 Å². The second-order valence-corrected chi connectivity index (χ2v) is 20.7. The predicted octanol–water partition coefficient (Wildman–Crippen LogP) is 1.25. The van der Waals surface area contributed by atoms with Gasteiger partial charge < -0.3 is 63.5 Å². The highest BCUT2D eigenvalue weighted by molar-refractivity contribution is 8.76. The van der Waals surface area contributed by atoms with E-state index in [-0.39, 0.29) is 49.5 Å². The number of carbonyl (C=O) groups is 8. The molecule has 0 aliphatic carbocycles. The average molecular weight is 1030 g/mol. The first-order valence-corrected chi connectivity index (χ1v) is 26.2. The molecule has 72 heavy (non-hydrogen) atoms. The van der Waals surface area contributed by atoms with Gasteiger partial charge in [0.05, 0.1) is 6.04 Å². The fourth-order valence-electron chi connectivity index (χ4n) is 7.95. The monoisotopic (exact) mass is 1030 g/mol. The molecule has 0 radical (unpaired) electrons. The smallest absolute Gasteiger partial charge is 0.326 e. The van der Waals surface area contributed by atoms with Crippen molar-refractivity contribution in [1.29, 1.82) is 0 Å². The second-order valence-electron chi connectivity index (χ2n) is 18.1. The van der Waals surface area contributed by atoms with Gasteiger partial charge >= 0.3 is 5.97 Å². The van der Waals surface area contributed by atoms with Crippen molar-refractivity contribution >= 4 is 79.8 Å². The Bertz CT molecular complexity index is 2510. The molecule has 4 aromatic rings. The molecule has 22 heteroatoms. The maximum Gasteiger partial charge on any atom is 0.326 e. The van der Waals surface area contributed by atoms with E-state index in [4.69, 9.17) is 11.5 Å². The number of likely N-dealkylation sites (N-methyl/N-ethyl adjacent to an activating group) is 1. The van der Waals surface area contributed by atoms with Gasteiger partial charge in [-0.3, -0.25) is 33.6 Å². The third-order valence-electron chi connectivity index (χ3n) is 12.2. The fraction of sp³-hybridized carbons (Fsp3) is 0.440. The lowest BCUT2D eigenvalue weighted by molar-refractivity contribution is -0.145. The minimum Gasteiger partial charge on any atom is -0.508 e. The second kappa shape index (κ2) is 27.3. The SMILES string of the molecule is CC(C)[C@H](NC(=O)[C@@H]1CSSC[C@H](NC(=O)[C@H](C)N)C(=O)N[C@@H](Cc2ccccc2)C(=O)N[C@@H](Cc2c[nH]c3ccccc23)C(=O)N[C@@H](CCCCN)C(=O)N[C@@H](Cc2ccc(O)cc2)C(=O)N1C)C(=O)O. The van der Waals surface area contributed by atoms with Gasteiger partial charge in [0, 0.05) is 54.9 Å². The molecule has 5 rings (SSSR count). The molecular formula is C50H66N10O10S2.